The molecule has 1 aliphatic carbocycles. The molecular formula is C27H28F3N5. The summed E-state index contributed by atoms with van der Waals surface area (Å²) in [7, 11) is 0. The van der Waals surface area contributed by atoms with Crippen LogP contribution in [0.1, 0.15) is 55.7 Å². The minimum Gasteiger partial charge on any atom is -0.289 e. The second kappa shape index (κ2) is 8.90. The lowest BCUT2D eigenvalue weighted by atomic mass is 10.0. The number of hydrogen-bond donors (Lipinski definition) is 0. The Balaban J connectivity index is 1.38. The van der Waals surface area contributed by atoms with E-state index >= 15 is 0 Å². The number of aromatic nitrogens is 4. The smallest absolute Gasteiger partial charge is 0.289 e. The fraction of sp³-hybridized carbons (Fsp3) is 0.444. The molecule has 4 aromatic rings. The molecule has 2 aliphatic rings. The van der Waals surface area contributed by atoms with Crippen LogP contribution in [0.25, 0.3) is 28.1 Å². The highest BCUT2D eigenvalue weighted by Crippen LogP contribution is 2.40. The van der Waals surface area contributed by atoms with Crippen LogP contribution in [0, 0.1) is 5.92 Å². The van der Waals surface area contributed by atoms with Crippen LogP contribution in [-0.4, -0.2) is 43.7 Å². The van der Waals surface area contributed by atoms with Gasteiger partial charge >= 0.3 is 6.18 Å². The van der Waals surface area contributed by atoms with Gasteiger partial charge in [-0.2, -0.15) is 13.2 Å². The number of nitrogens with zero attached hydrogens (tertiary/aromatic N) is 5. The molecule has 3 aromatic heterocycles. The summed E-state index contributed by atoms with van der Waals surface area (Å²) < 4.78 is 43.9. The van der Waals surface area contributed by atoms with Crippen LogP contribution < -0.4 is 0 Å². The average Bonchev–Trinajstić information content (AvgIpc) is 3.33. The predicted molar refractivity (Wildman–Crippen MR) is 129 cm³/mol. The number of benzene rings is 1. The Morgan fingerprint density at radius 2 is 1.80 bits per heavy atom. The number of alkyl halides is 3. The van der Waals surface area contributed by atoms with E-state index < -0.39 is 12.2 Å². The van der Waals surface area contributed by atoms with Crippen molar-refractivity contribution in [2.24, 2.45) is 5.92 Å². The van der Waals surface area contributed by atoms with Gasteiger partial charge in [-0.3, -0.25) is 9.30 Å². The third-order valence-corrected chi connectivity index (χ3v) is 7.35. The molecule has 1 atom stereocenters. The Morgan fingerprint density at radius 1 is 0.971 bits per heavy atom. The van der Waals surface area contributed by atoms with Gasteiger partial charge in [-0.1, -0.05) is 49.6 Å². The molecular weight excluding hydrogens is 451 g/mol. The number of para-hydroxylation sites is 1. The molecule has 4 heterocycles. The molecule has 1 aromatic carbocycles. The Bertz CT molecular complexity index is 1350. The van der Waals surface area contributed by atoms with Gasteiger partial charge in [0.05, 0.1) is 5.52 Å². The second-order valence-corrected chi connectivity index (χ2v) is 9.92. The van der Waals surface area contributed by atoms with Crippen molar-refractivity contribution in [3.8, 4) is 11.5 Å². The van der Waals surface area contributed by atoms with Crippen LogP contribution in [0.4, 0.5) is 13.2 Å². The van der Waals surface area contributed by atoms with Crippen LogP contribution >= 0.6 is 0 Å². The van der Waals surface area contributed by atoms with Crippen LogP contribution in [0.2, 0.25) is 0 Å². The van der Waals surface area contributed by atoms with Gasteiger partial charge in [0, 0.05) is 11.6 Å². The first-order valence-corrected chi connectivity index (χ1v) is 12.5. The molecule has 0 bridgehead atoms. The van der Waals surface area contributed by atoms with Crippen molar-refractivity contribution in [3.05, 3.63) is 59.8 Å². The normalized spacial score (nSPS) is 18.0. The molecule has 0 radical (unpaired) electrons. The van der Waals surface area contributed by atoms with Crippen molar-refractivity contribution in [2.45, 2.75) is 57.2 Å². The standard InChI is InChI=1S/C27H28F3N5/c28-27(29,30)25(34-15-1-2-16-34)21-12-14-23-32-33-26(35(23)17-21)22-13-11-20-8-4-7-19(24(20)31-22)6-3-5-18-9-10-18/h4,7-8,11-14,17-18,25H,1-3,5-6,9-10,15-16H2. The van der Waals surface area contributed by atoms with Crippen molar-refractivity contribution in [2.75, 3.05) is 13.1 Å². The molecule has 1 saturated carbocycles. The highest BCUT2D eigenvalue weighted by Gasteiger charge is 2.45. The lowest BCUT2D eigenvalue weighted by Crippen LogP contribution is -2.36. The number of aryl methyl sites for hydroxylation is 1. The van der Waals surface area contributed by atoms with E-state index in [0.717, 1.165) is 42.5 Å². The topological polar surface area (TPSA) is 46.3 Å². The molecule has 8 heteroatoms. The minimum atomic E-state index is -4.36. The van der Waals surface area contributed by atoms with Crippen molar-refractivity contribution in [3.63, 3.8) is 0 Å². The number of hydrogen-bond acceptors (Lipinski definition) is 4. The van der Waals surface area contributed by atoms with E-state index in [1.54, 1.807) is 10.5 Å². The van der Waals surface area contributed by atoms with Crippen molar-refractivity contribution in [1.29, 1.82) is 0 Å². The maximum Gasteiger partial charge on any atom is 0.408 e. The summed E-state index contributed by atoms with van der Waals surface area (Å²) in [6.07, 6.45) is 4.83. The third-order valence-electron chi connectivity index (χ3n) is 7.35. The van der Waals surface area contributed by atoms with E-state index in [-0.39, 0.29) is 5.56 Å². The molecule has 6 rings (SSSR count). The molecule has 5 nitrogen and oxygen atoms in total. The molecule has 1 aliphatic heterocycles. The largest absolute Gasteiger partial charge is 0.408 e. The van der Waals surface area contributed by atoms with E-state index in [2.05, 4.69) is 22.3 Å². The average molecular weight is 480 g/mol. The predicted octanol–water partition coefficient (Wildman–Crippen LogP) is 6.38. The van der Waals surface area contributed by atoms with Crippen LogP contribution in [-0.2, 0) is 6.42 Å². The molecule has 35 heavy (non-hydrogen) atoms. The molecule has 1 saturated heterocycles. The van der Waals surface area contributed by atoms with Crippen molar-refractivity contribution in [1.82, 2.24) is 24.5 Å². The molecule has 2 fully saturated rings. The van der Waals surface area contributed by atoms with Gasteiger partial charge in [-0.05, 0) is 68.0 Å². The van der Waals surface area contributed by atoms with E-state index in [4.69, 9.17) is 4.98 Å². The minimum absolute atomic E-state index is 0.203. The first-order chi connectivity index (χ1) is 17.0. The van der Waals surface area contributed by atoms with E-state index in [0.29, 0.717) is 30.3 Å². The lowest BCUT2D eigenvalue weighted by Gasteiger charge is -2.29. The van der Waals surface area contributed by atoms with Gasteiger partial charge in [-0.15, -0.1) is 10.2 Å². The van der Waals surface area contributed by atoms with Gasteiger partial charge in [0.1, 0.15) is 11.7 Å². The summed E-state index contributed by atoms with van der Waals surface area (Å²) in [5.41, 5.74) is 3.45. The maximum absolute atomic E-state index is 14.1. The number of fused-ring (bicyclic) bond motifs is 2. The fourth-order valence-corrected chi connectivity index (χ4v) is 5.37. The molecule has 0 spiro atoms. The maximum atomic E-state index is 14.1. The number of rotatable bonds is 7. The van der Waals surface area contributed by atoms with Crippen molar-refractivity contribution < 1.29 is 13.2 Å². The van der Waals surface area contributed by atoms with E-state index in [1.807, 2.05) is 18.2 Å². The zero-order valence-electron chi connectivity index (χ0n) is 19.5. The summed E-state index contributed by atoms with van der Waals surface area (Å²) >= 11 is 0. The van der Waals surface area contributed by atoms with Crippen LogP contribution in [0.5, 0.6) is 0 Å². The van der Waals surface area contributed by atoms with Gasteiger partial charge in [0.2, 0.25) is 0 Å². The second-order valence-electron chi connectivity index (χ2n) is 9.92. The highest BCUT2D eigenvalue weighted by atomic mass is 19.4. The zero-order valence-corrected chi connectivity index (χ0v) is 19.5. The fourth-order valence-electron chi connectivity index (χ4n) is 5.37. The number of pyridine rings is 2. The third kappa shape index (κ3) is 4.51. The quantitative estimate of drug-likeness (QED) is 0.309. The first kappa shape index (κ1) is 22.5. The van der Waals surface area contributed by atoms with Crippen LogP contribution in [0.3, 0.4) is 0 Å². The Morgan fingerprint density at radius 3 is 2.57 bits per heavy atom. The summed E-state index contributed by atoms with van der Waals surface area (Å²) in [6, 6.07) is 11.6. The van der Waals surface area contributed by atoms with Gasteiger partial charge < -0.3 is 0 Å². The lowest BCUT2D eigenvalue weighted by molar-refractivity contribution is -0.183. The molecule has 182 valence electrons. The number of likely N-dealkylation sites (tertiary alicyclic amines) is 1. The monoisotopic (exact) mass is 479 g/mol. The summed E-state index contributed by atoms with van der Waals surface area (Å²) in [4.78, 5) is 6.45. The Kier molecular flexibility index (Phi) is 5.71. The van der Waals surface area contributed by atoms with E-state index in [1.165, 1.54) is 42.0 Å². The van der Waals surface area contributed by atoms with Gasteiger partial charge in [0.25, 0.3) is 0 Å². The molecule has 1 unspecified atom stereocenters. The van der Waals surface area contributed by atoms with Crippen LogP contribution in [0.15, 0.2) is 48.7 Å². The Labute approximate surface area is 202 Å². The van der Waals surface area contributed by atoms with Gasteiger partial charge in [0.15, 0.2) is 11.5 Å². The SMILES string of the molecule is FC(F)(F)C(c1ccc2nnc(-c3ccc4cccc(CCCC5CC5)c4n3)n2c1)N1CCCC1. The van der Waals surface area contributed by atoms with E-state index in [9.17, 15) is 13.2 Å². The highest BCUT2D eigenvalue weighted by molar-refractivity contribution is 5.84. The summed E-state index contributed by atoms with van der Waals surface area (Å²) in [5.74, 6) is 1.35. The first-order valence-electron chi connectivity index (χ1n) is 12.5. The molecule has 0 amide bonds. The summed E-state index contributed by atoms with van der Waals surface area (Å²) in [5, 5.41) is 9.58. The molecule has 0 N–H and O–H groups in total. The van der Waals surface area contributed by atoms with Crippen molar-refractivity contribution >= 4 is 16.6 Å². The Hall–Kier alpha value is -3.00. The van der Waals surface area contributed by atoms with Gasteiger partial charge in [-0.25, -0.2) is 4.98 Å². The summed E-state index contributed by atoms with van der Waals surface area (Å²) in [6.45, 7) is 0.903. The number of halogens is 3. The zero-order chi connectivity index (χ0) is 24.0.